The van der Waals surface area contributed by atoms with Crippen molar-refractivity contribution in [1.29, 1.82) is 0 Å². The number of carbonyl (C=O) groups excluding carboxylic acids is 1. The van der Waals surface area contributed by atoms with Gasteiger partial charge in [0.1, 0.15) is 11.6 Å². The van der Waals surface area contributed by atoms with Crippen LogP contribution < -0.4 is 4.90 Å². The fraction of sp³-hybridized carbons (Fsp3) is 0.471. The Hall–Kier alpha value is -1.89. The highest BCUT2D eigenvalue weighted by molar-refractivity contribution is 9.10. The van der Waals surface area contributed by atoms with E-state index in [4.69, 9.17) is 4.52 Å². The summed E-state index contributed by atoms with van der Waals surface area (Å²) in [6, 6.07) is 2.07. The zero-order valence-corrected chi connectivity index (χ0v) is 15.8. The Morgan fingerprint density at radius 1 is 1.25 bits per heavy atom. The summed E-state index contributed by atoms with van der Waals surface area (Å²) >= 11 is 3.44. The summed E-state index contributed by atoms with van der Waals surface area (Å²) in [5.41, 5.74) is 2.85. The maximum atomic E-state index is 12.5. The Kier molecular flexibility index (Phi) is 4.89. The zero-order valence-electron chi connectivity index (χ0n) is 14.2. The van der Waals surface area contributed by atoms with Gasteiger partial charge in [0, 0.05) is 42.4 Å². The summed E-state index contributed by atoms with van der Waals surface area (Å²) < 4.78 is 6.12. The molecule has 7 heteroatoms. The van der Waals surface area contributed by atoms with Crippen molar-refractivity contribution in [2.75, 3.05) is 31.1 Å². The van der Waals surface area contributed by atoms with Crippen molar-refractivity contribution in [3.05, 3.63) is 39.3 Å². The molecular weight excluding hydrogens is 372 g/mol. The highest BCUT2D eigenvalue weighted by Crippen LogP contribution is 2.22. The van der Waals surface area contributed by atoms with Gasteiger partial charge in [-0.25, -0.2) is 4.98 Å². The molecule has 0 atom stereocenters. The van der Waals surface area contributed by atoms with Crippen molar-refractivity contribution >= 4 is 27.7 Å². The third-order valence-corrected chi connectivity index (χ3v) is 4.89. The summed E-state index contributed by atoms with van der Waals surface area (Å²) in [7, 11) is 0. The highest BCUT2D eigenvalue weighted by atomic mass is 79.9. The van der Waals surface area contributed by atoms with Crippen LogP contribution in [0.1, 0.15) is 22.6 Å². The molecule has 0 unspecified atom stereocenters. The van der Waals surface area contributed by atoms with Crippen LogP contribution in [-0.4, -0.2) is 47.1 Å². The first-order valence-electron chi connectivity index (χ1n) is 8.02. The van der Waals surface area contributed by atoms with Gasteiger partial charge in [-0.3, -0.25) is 4.79 Å². The van der Waals surface area contributed by atoms with Crippen LogP contribution in [0.2, 0.25) is 0 Å². The van der Waals surface area contributed by atoms with E-state index < -0.39 is 0 Å². The predicted octanol–water partition coefficient (Wildman–Crippen LogP) is 2.65. The molecule has 1 saturated heterocycles. The summed E-state index contributed by atoms with van der Waals surface area (Å²) in [5.74, 6) is 1.86. The molecule has 0 spiro atoms. The number of aromatic nitrogens is 2. The SMILES string of the molecule is Cc1cc(Br)cnc1N1CCN(C(=O)Cc2c(C)noc2C)CC1. The van der Waals surface area contributed by atoms with E-state index in [2.05, 4.69) is 44.0 Å². The largest absolute Gasteiger partial charge is 0.361 e. The number of amides is 1. The number of carbonyl (C=O) groups is 1. The number of nitrogens with zero attached hydrogens (tertiary/aromatic N) is 4. The molecule has 0 radical (unpaired) electrons. The Balaban J connectivity index is 1.61. The van der Waals surface area contributed by atoms with E-state index in [1.807, 2.05) is 24.9 Å². The van der Waals surface area contributed by atoms with Crippen molar-refractivity contribution < 1.29 is 9.32 Å². The van der Waals surface area contributed by atoms with E-state index in [-0.39, 0.29) is 5.91 Å². The number of piperazine rings is 1. The van der Waals surface area contributed by atoms with E-state index in [1.54, 1.807) is 0 Å². The van der Waals surface area contributed by atoms with Crippen LogP contribution in [0.25, 0.3) is 0 Å². The monoisotopic (exact) mass is 392 g/mol. The molecule has 0 N–H and O–H groups in total. The van der Waals surface area contributed by atoms with Crippen molar-refractivity contribution in [3.8, 4) is 0 Å². The lowest BCUT2D eigenvalue weighted by molar-refractivity contribution is -0.130. The molecule has 1 aliphatic heterocycles. The standard InChI is InChI=1S/C17H21BrN4O2/c1-11-8-14(18)10-19-17(11)22-6-4-21(5-7-22)16(23)9-15-12(2)20-24-13(15)3/h8,10H,4-7,9H2,1-3H3. The Bertz CT molecular complexity index is 732. The molecule has 6 nitrogen and oxygen atoms in total. The lowest BCUT2D eigenvalue weighted by Gasteiger charge is -2.36. The first-order chi connectivity index (χ1) is 11.5. The number of pyridine rings is 1. The smallest absolute Gasteiger partial charge is 0.227 e. The first-order valence-corrected chi connectivity index (χ1v) is 8.81. The summed E-state index contributed by atoms with van der Waals surface area (Å²) in [6.45, 7) is 8.79. The van der Waals surface area contributed by atoms with Gasteiger partial charge in [0.2, 0.25) is 5.91 Å². The number of aryl methyl sites for hydroxylation is 3. The minimum absolute atomic E-state index is 0.129. The third-order valence-electron chi connectivity index (χ3n) is 4.46. The maximum absolute atomic E-state index is 12.5. The Morgan fingerprint density at radius 2 is 1.96 bits per heavy atom. The molecule has 0 aromatic carbocycles. The third kappa shape index (κ3) is 3.45. The zero-order chi connectivity index (χ0) is 17.3. The average molecular weight is 393 g/mol. The fourth-order valence-electron chi connectivity index (χ4n) is 3.05. The van der Waals surface area contributed by atoms with Gasteiger partial charge in [0.05, 0.1) is 12.1 Å². The summed E-state index contributed by atoms with van der Waals surface area (Å²) in [6.07, 6.45) is 2.17. The summed E-state index contributed by atoms with van der Waals surface area (Å²) in [5, 5.41) is 3.92. The molecule has 2 aromatic heterocycles. The van der Waals surface area contributed by atoms with Crippen LogP contribution in [0.3, 0.4) is 0 Å². The van der Waals surface area contributed by atoms with Crippen LogP contribution in [0.5, 0.6) is 0 Å². The molecule has 3 heterocycles. The van der Waals surface area contributed by atoms with E-state index in [1.165, 1.54) is 0 Å². The molecule has 1 fully saturated rings. The topological polar surface area (TPSA) is 62.5 Å². The number of halogens is 1. The molecule has 3 rings (SSSR count). The molecule has 0 saturated carbocycles. The van der Waals surface area contributed by atoms with Crippen LogP contribution in [0.4, 0.5) is 5.82 Å². The molecule has 128 valence electrons. The number of rotatable bonds is 3. The van der Waals surface area contributed by atoms with Gasteiger partial charge in [-0.05, 0) is 48.3 Å². The molecular formula is C17H21BrN4O2. The lowest BCUT2D eigenvalue weighted by Crippen LogP contribution is -2.49. The summed E-state index contributed by atoms with van der Waals surface area (Å²) in [4.78, 5) is 21.2. The van der Waals surface area contributed by atoms with E-state index in [0.29, 0.717) is 19.5 Å². The number of hydrogen-bond donors (Lipinski definition) is 0. The van der Waals surface area contributed by atoms with E-state index >= 15 is 0 Å². The van der Waals surface area contributed by atoms with E-state index in [9.17, 15) is 4.79 Å². The van der Waals surface area contributed by atoms with Crippen molar-refractivity contribution in [2.45, 2.75) is 27.2 Å². The number of hydrogen-bond acceptors (Lipinski definition) is 5. The van der Waals surface area contributed by atoms with Gasteiger partial charge in [0.25, 0.3) is 0 Å². The average Bonchev–Trinajstić information content (AvgIpc) is 2.87. The molecule has 0 bridgehead atoms. The van der Waals surface area contributed by atoms with Gasteiger partial charge >= 0.3 is 0 Å². The first kappa shape index (κ1) is 17.0. The predicted molar refractivity (Wildman–Crippen MR) is 95.1 cm³/mol. The van der Waals surface area contributed by atoms with Crippen LogP contribution in [0.15, 0.2) is 21.3 Å². The Labute approximate surface area is 150 Å². The normalized spacial score (nSPS) is 15.0. The van der Waals surface area contributed by atoms with Crippen LogP contribution in [-0.2, 0) is 11.2 Å². The van der Waals surface area contributed by atoms with Gasteiger partial charge in [-0.15, -0.1) is 0 Å². The quantitative estimate of drug-likeness (QED) is 0.803. The van der Waals surface area contributed by atoms with Gasteiger partial charge in [-0.1, -0.05) is 5.16 Å². The molecule has 2 aromatic rings. The van der Waals surface area contributed by atoms with E-state index in [0.717, 1.165) is 46.0 Å². The minimum atomic E-state index is 0.129. The van der Waals surface area contributed by atoms with Gasteiger partial charge < -0.3 is 14.3 Å². The molecule has 1 aliphatic rings. The lowest BCUT2D eigenvalue weighted by atomic mass is 10.1. The van der Waals surface area contributed by atoms with Crippen molar-refractivity contribution in [3.63, 3.8) is 0 Å². The highest BCUT2D eigenvalue weighted by Gasteiger charge is 2.24. The molecule has 0 aliphatic carbocycles. The van der Waals surface area contributed by atoms with Crippen molar-refractivity contribution in [1.82, 2.24) is 15.0 Å². The molecule has 24 heavy (non-hydrogen) atoms. The second kappa shape index (κ2) is 6.93. The maximum Gasteiger partial charge on any atom is 0.227 e. The Morgan fingerprint density at radius 3 is 2.54 bits per heavy atom. The second-order valence-corrected chi connectivity index (χ2v) is 7.06. The number of anilines is 1. The molecule has 1 amide bonds. The van der Waals surface area contributed by atoms with Gasteiger partial charge in [0.15, 0.2) is 0 Å². The van der Waals surface area contributed by atoms with Gasteiger partial charge in [-0.2, -0.15) is 0 Å². The minimum Gasteiger partial charge on any atom is -0.361 e. The second-order valence-electron chi connectivity index (χ2n) is 6.14. The van der Waals surface area contributed by atoms with Crippen molar-refractivity contribution in [2.24, 2.45) is 0 Å². The van der Waals surface area contributed by atoms with Crippen LogP contribution >= 0.6 is 15.9 Å². The van der Waals surface area contributed by atoms with Crippen LogP contribution in [0, 0.1) is 20.8 Å². The fourth-order valence-corrected chi connectivity index (χ4v) is 3.50.